The molecule has 6 aromatic rings. The van der Waals surface area contributed by atoms with Crippen molar-refractivity contribution < 1.29 is 0 Å². The number of anilines is 2. The Morgan fingerprint density at radius 3 is 2.02 bits per heavy atom. The summed E-state index contributed by atoms with van der Waals surface area (Å²) in [6, 6.07) is 44.0. The molecule has 0 atom stereocenters. The predicted molar refractivity (Wildman–Crippen MR) is 187 cm³/mol. The molecule has 0 N–H and O–H groups in total. The predicted octanol–water partition coefficient (Wildman–Crippen LogP) is 11.9. The molecule has 5 aromatic carbocycles. The smallest absolute Gasteiger partial charge is 0.0536 e. The average molecular weight is 561 g/mol. The molecule has 0 aliphatic rings. The lowest BCUT2D eigenvalue weighted by molar-refractivity contribution is 0.423. The zero-order chi connectivity index (χ0) is 30.1. The molecule has 0 fully saturated rings. The molecule has 0 saturated carbocycles. The van der Waals surface area contributed by atoms with Crippen LogP contribution in [0.4, 0.5) is 11.4 Å². The van der Waals surface area contributed by atoms with E-state index >= 15 is 0 Å². The summed E-state index contributed by atoms with van der Waals surface area (Å²) in [5, 5.41) is 2.59. The average Bonchev–Trinajstić information content (AvgIpc) is 3.37. The molecule has 0 radical (unpaired) electrons. The minimum atomic E-state index is -0.0157. The summed E-state index contributed by atoms with van der Waals surface area (Å²) in [5.41, 5.74) is 12.1. The number of para-hydroxylation sites is 2. The Hall–Kier alpha value is -4.82. The van der Waals surface area contributed by atoms with E-state index in [1.807, 2.05) is 6.08 Å². The van der Waals surface area contributed by atoms with Crippen LogP contribution >= 0.6 is 0 Å². The maximum atomic E-state index is 4.13. The molecule has 2 nitrogen and oxygen atoms in total. The lowest BCUT2D eigenvalue weighted by Crippen LogP contribution is -2.21. The molecule has 1 heterocycles. The first-order valence-electron chi connectivity index (χ1n) is 15.2. The molecule has 0 spiro atoms. The molecule has 0 aliphatic heterocycles. The van der Waals surface area contributed by atoms with Crippen molar-refractivity contribution in [1.29, 1.82) is 0 Å². The summed E-state index contributed by atoms with van der Waals surface area (Å²) in [5.74, 6) is 0. The molecule has 0 unspecified atom stereocenters. The van der Waals surface area contributed by atoms with Crippen LogP contribution in [-0.4, -0.2) is 4.57 Å². The van der Waals surface area contributed by atoms with Crippen LogP contribution in [-0.2, 0) is 5.54 Å². The second-order valence-corrected chi connectivity index (χ2v) is 12.2. The Bertz CT molecular complexity index is 1950. The number of aromatic nitrogens is 1. The third-order valence-electron chi connectivity index (χ3n) is 8.46. The Kier molecular flexibility index (Phi) is 7.54. The monoisotopic (exact) mass is 560 g/mol. The Balaban J connectivity index is 1.47. The Morgan fingerprint density at radius 2 is 1.33 bits per heavy atom. The topological polar surface area (TPSA) is 8.17 Å². The van der Waals surface area contributed by atoms with E-state index in [9.17, 15) is 0 Å². The van der Waals surface area contributed by atoms with E-state index in [2.05, 4.69) is 172 Å². The first-order chi connectivity index (χ1) is 20.8. The van der Waals surface area contributed by atoms with Crippen LogP contribution in [0.2, 0.25) is 0 Å². The summed E-state index contributed by atoms with van der Waals surface area (Å²) in [6.45, 7) is 15.4. The fraction of sp³-hybridized carbons (Fsp3) is 0.171. The Labute approximate surface area is 256 Å². The van der Waals surface area contributed by atoms with E-state index in [1.165, 1.54) is 55.3 Å². The zero-order valence-corrected chi connectivity index (χ0v) is 25.9. The SMILES string of the molecule is C=C/C(CC)=C(\C)N(c1ccc(-c2ccc3c(c2)c2ccccc2n3C(C)(C)C)cc1)c1ccccc1-c1ccccc1. The largest absolute Gasteiger partial charge is 0.335 e. The van der Waals surface area contributed by atoms with Gasteiger partial charge in [-0.05, 0) is 92.8 Å². The fourth-order valence-electron chi connectivity index (χ4n) is 6.41. The van der Waals surface area contributed by atoms with Gasteiger partial charge in [-0.2, -0.15) is 0 Å². The number of fused-ring (bicyclic) bond motifs is 3. The van der Waals surface area contributed by atoms with Gasteiger partial charge in [0.05, 0.1) is 5.69 Å². The van der Waals surface area contributed by atoms with Crippen molar-refractivity contribution >= 4 is 33.2 Å². The number of rotatable bonds is 7. The van der Waals surface area contributed by atoms with Gasteiger partial charge in [-0.15, -0.1) is 0 Å². The van der Waals surface area contributed by atoms with Crippen LogP contribution in [0.15, 0.2) is 145 Å². The van der Waals surface area contributed by atoms with Crippen LogP contribution in [0.3, 0.4) is 0 Å². The molecule has 0 saturated heterocycles. The van der Waals surface area contributed by atoms with Crippen molar-refractivity contribution in [3.05, 3.63) is 145 Å². The van der Waals surface area contributed by atoms with E-state index in [-0.39, 0.29) is 5.54 Å². The first-order valence-corrected chi connectivity index (χ1v) is 15.2. The maximum Gasteiger partial charge on any atom is 0.0536 e. The van der Waals surface area contributed by atoms with Crippen molar-refractivity contribution in [3.63, 3.8) is 0 Å². The van der Waals surface area contributed by atoms with E-state index < -0.39 is 0 Å². The van der Waals surface area contributed by atoms with E-state index in [1.54, 1.807) is 0 Å². The van der Waals surface area contributed by atoms with Gasteiger partial charge >= 0.3 is 0 Å². The van der Waals surface area contributed by atoms with Gasteiger partial charge in [0.2, 0.25) is 0 Å². The summed E-state index contributed by atoms with van der Waals surface area (Å²) >= 11 is 0. The van der Waals surface area contributed by atoms with Gasteiger partial charge < -0.3 is 9.47 Å². The minimum Gasteiger partial charge on any atom is -0.335 e. The van der Waals surface area contributed by atoms with Crippen molar-refractivity contribution in [2.75, 3.05) is 4.90 Å². The van der Waals surface area contributed by atoms with E-state index in [0.717, 1.165) is 17.8 Å². The number of hydrogen-bond acceptors (Lipinski definition) is 1. The molecule has 6 rings (SSSR count). The van der Waals surface area contributed by atoms with Crippen LogP contribution in [0.5, 0.6) is 0 Å². The quantitative estimate of drug-likeness (QED) is 0.176. The van der Waals surface area contributed by atoms with E-state index in [0.29, 0.717) is 0 Å². The third-order valence-corrected chi connectivity index (χ3v) is 8.46. The van der Waals surface area contributed by atoms with Gasteiger partial charge in [0.15, 0.2) is 0 Å². The number of hydrogen-bond donors (Lipinski definition) is 0. The second kappa shape index (κ2) is 11.5. The normalized spacial score (nSPS) is 12.4. The van der Waals surface area contributed by atoms with Crippen LogP contribution in [0.25, 0.3) is 44.1 Å². The molecular weight excluding hydrogens is 520 g/mol. The van der Waals surface area contributed by atoms with Crippen LogP contribution < -0.4 is 4.90 Å². The Morgan fingerprint density at radius 1 is 0.698 bits per heavy atom. The first kappa shape index (κ1) is 28.3. The van der Waals surface area contributed by atoms with Gasteiger partial charge in [0.1, 0.15) is 0 Å². The van der Waals surface area contributed by atoms with Crippen molar-refractivity contribution in [2.24, 2.45) is 0 Å². The van der Waals surface area contributed by atoms with Crippen LogP contribution in [0.1, 0.15) is 41.0 Å². The lowest BCUT2D eigenvalue weighted by Gasteiger charge is -2.30. The molecule has 0 bridgehead atoms. The minimum absolute atomic E-state index is 0.0157. The molecule has 2 heteroatoms. The fourth-order valence-corrected chi connectivity index (χ4v) is 6.41. The molecular formula is C41H40N2. The zero-order valence-electron chi connectivity index (χ0n) is 25.9. The van der Waals surface area contributed by atoms with Crippen molar-refractivity contribution in [2.45, 2.75) is 46.6 Å². The number of benzene rings is 5. The molecule has 214 valence electrons. The van der Waals surface area contributed by atoms with E-state index in [4.69, 9.17) is 0 Å². The standard InChI is InChI=1S/C41H40N2/c1-7-30(8-2)29(3)42(38-20-14-12-18-35(38)32-16-10-9-11-17-32)34-25-22-31(23-26-34)33-24-27-40-37(28-33)36-19-13-15-21-39(36)43(40)41(4,5)6/h7,9-28H,1,8H2,2-6H3/b30-29-. The number of nitrogens with zero attached hydrogens (tertiary/aromatic N) is 2. The molecule has 0 amide bonds. The summed E-state index contributed by atoms with van der Waals surface area (Å²) in [6.07, 6.45) is 2.91. The van der Waals surface area contributed by atoms with Gasteiger partial charge in [-0.25, -0.2) is 0 Å². The summed E-state index contributed by atoms with van der Waals surface area (Å²) in [4.78, 5) is 2.38. The van der Waals surface area contributed by atoms with Crippen molar-refractivity contribution in [3.8, 4) is 22.3 Å². The number of allylic oxidation sites excluding steroid dienone is 3. The highest BCUT2D eigenvalue weighted by atomic mass is 15.1. The summed E-state index contributed by atoms with van der Waals surface area (Å²) in [7, 11) is 0. The highest BCUT2D eigenvalue weighted by molar-refractivity contribution is 6.09. The molecule has 43 heavy (non-hydrogen) atoms. The summed E-state index contributed by atoms with van der Waals surface area (Å²) < 4.78 is 2.46. The highest BCUT2D eigenvalue weighted by Crippen LogP contribution is 2.40. The van der Waals surface area contributed by atoms with Crippen molar-refractivity contribution in [1.82, 2.24) is 4.57 Å². The lowest BCUT2D eigenvalue weighted by atomic mass is 9.99. The van der Waals surface area contributed by atoms with Crippen LogP contribution in [0, 0.1) is 0 Å². The van der Waals surface area contributed by atoms with Gasteiger partial charge in [0.25, 0.3) is 0 Å². The second-order valence-electron chi connectivity index (χ2n) is 12.2. The molecule has 1 aromatic heterocycles. The van der Waals surface area contributed by atoms with Gasteiger partial charge in [-0.3, -0.25) is 0 Å². The maximum absolute atomic E-state index is 4.13. The third kappa shape index (κ3) is 5.19. The van der Waals surface area contributed by atoms with Gasteiger partial charge in [-0.1, -0.05) is 105 Å². The highest BCUT2D eigenvalue weighted by Gasteiger charge is 2.21. The molecule has 0 aliphatic carbocycles. The van der Waals surface area contributed by atoms with Gasteiger partial charge in [0, 0.05) is 44.3 Å².